The summed E-state index contributed by atoms with van der Waals surface area (Å²) in [6.45, 7) is 2.14. The SMILES string of the molecule is O=C([C@H]1CC[C@H](Nc2ncc3nc(Nc4c(F)cc(F)cc4F)n([C@@H]4CCOC4)c3n2)CC1)N1CCC(O)CC1. The number of hydrogen-bond acceptors (Lipinski definition) is 8. The van der Waals surface area contributed by atoms with E-state index in [4.69, 9.17) is 9.72 Å². The van der Waals surface area contributed by atoms with Gasteiger partial charge in [0.15, 0.2) is 17.3 Å². The molecule has 2 aliphatic heterocycles. The van der Waals surface area contributed by atoms with E-state index in [1.807, 2.05) is 4.90 Å². The summed E-state index contributed by atoms with van der Waals surface area (Å²) < 4.78 is 49.6. The number of anilines is 3. The van der Waals surface area contributed by atoms with Gasteiger partial charge in [0.1, 0.15) is 17.0 Å². The van der Waals surface area contributed by atoms with E-state index in [1.165, 1.54) is 0 Å². The van der Waals surface area contributed by atoms with E-state index in [1.54, 1.807) is 10.8 Å². The molecule has 13 heteroatoms. The molecule has 10 nitrogen and oxygen atoms in total. The Morgan fingerprint density at radius 3 is 2.40 bits per heavy atom. The molecule has 4 heterocycles. The van der Waals surface area contributed by atoms with Crippen LogP contribution in [0, 0.1) is 23.4 Å². The van der Waals surface area contributed by atoms with Crippen LogP contribution in [0.4, 0.5) is 30.8 Å². The molecule has 0 bridgehead atoms. The van der Waals surface area contributed by atoms with Gasteiger partial charge in [-0.2, -0.15) is 4.98 Å². The van der Waals surface area contributed by atoms with Crippen LogP contribution in [-0.2, 0) is 9.53 Å². The molecule has 1 atom stereocenters. The number of halogens is 3. The van der Waals surface area contributed by atoms with Crippen molar-refractivity contribution in [1.82, 2.24) is 24.4 Å². The number of imidazole rings is 1. The third kappa shape index (κ3) is 5.44. The lowest BCUT2D eigenvalue weighted by molar-refractivity contribution is -0.138. The molecule has 1 amide bonds. The third-order valence-electron chi connectivity index (χ3n) is 8.13. The van der Waals surface area contributed by atoms with Crippen molar-refractivity contribution < 1.29 is 27.8 Å². The Bertz CT molecular complexity index is 1360. The minimum atomic E-state index is -1.07. The van der Waals surface area contributed by atoms with Crippen LogP contribution in [0.1, 0.15) is 51.0 Å². The van der Waals surface area contributed by atoms with E-state index in [9.17, 15) is 23.1 Å². The molecule has 40 heavy (non-hydrogen) atoms. The maximum Gasteiger partial charge on any atom is 0.225 e. The van der Waals surface area contributed by atoms with Crippen molar-refractivity contribution in [3.63, 3.8) is 0 Å². The first-order valence-electron chi connectivity index (χ1n) is 13.8. The van der Waals surface area contributed by atoms with Crippen LogP contribution >= 0.6 is 0 Å². The number of nitrogens with zero attached hydrogens (tertiary/aromatic N) is 5. The molecule has 3 aliphatic rings. The normalized spacial score (nSPS) is 24.0. The highest BCUT2D eigenvalue weighted by molar-refractivity contribution is 5.79. The summed E-state index contributed by atoms with van der Waals surface area (Å²) in [5.74, 6) is -2.42. The zero-order valence-electron chi connectivity index (χ0n) is 22.0. The number of aliphatic hydroxyl groups excluding tert-OH is 1. The van der Waals surface area contributed by atoms with Gasteiger partial charge in [-0.1, -0.05) is 0 Å². The van der Waals surface area contributed by atoms with Crippen LogP contribution < -0.4 is 10.6 Å². The van der Waals surface area contributed by atoms with Crippen molar-refractivity contribution in [2.45, 2.75) is 63.1 Å². The number of amides is 1. The number of benzene rings is 1. The summed E-state index contributed by atoms with van der Waals surface area (Å²) in [6, 6.07) is 1.14. The summed E-state index contributed by atoms with van der Waals surface area (Å²) >= 11 is 0. The number of carbonyl (C=O) groups excluding carboxylic acids is 1. The van der Waals surface area contributed by atoms with Crippen molar-refractivity contribution in [2.24, 2.45) is 5.92 Å². The fourth-order valence-electron chi connectivity index (χ4n) is 5.91. The second-order valence-electron chi connectivity index (χ2n) is 10.8. The zero-order chi connectivity index (χ0) is 27.8. The monoisotopic (exact) mass is 559 g/mol. The second kappa shape index (κ2) is 11.2. The number of piperidine rings is 1. The fraction of sp³-hybridized carbons (Fsp3) is 0.556. The van der Waals surface area contributed by atoms with Gasteiger partial charge >= 0.3 is 0 Å². The highest BCUT2D eigenvalue weighted by Crippen LogP contribution is 2.33. The zero-order valence-corrected chi connectivity index (χ0v) is 22.0. The van der Waals surface area contributed by atoms with Crippen molar-refractivity contribution in [3.05, 3.63) is 35.8 Å². The largest absolute Gasteiger partial charge is 0.393 e. The van der Waals surface area contributed by atoms with E-state index < -0.39 is 23.1 Å². The van der Waals surface area contributed by atoms with Gasteiger partial charge in [0.05, 0.1) is 24.9 Å². The van der Waals surface area contributed by atoms with E-state index >= 15 is 0 Å². The van der Waals surface area contributed by atoms with Crippen LogP contribution in [0.15, 0.2) is 18.3 Å². The summed E-state index contributed by atoms with van der Waals surface area (Å²) in [7, 11) is 0. The van der Waals surface area contributed by atoms with Crippen molar-refractivity contribution >= 4 is 34.7 Å². The van der Waals surface area contributed by atoms with Gasteiger partial charge < -0.3 is 25.4 Å². The lowest BCUT2D eigenvalue weighted by Gasteiger charge is -2.35. The number of hydrogen-bond donors (Lipinski definition) is 3. The number of aromatic nitrogens is 4. The van der Waals surface area contributed by atoms with Crippen molar-refractivity contribution in [1.29, 1.82) is 0 Å². The minimum absolute atomic E-state index is 0.0126. The Kier molecular flexibility index (Phi) is 7.49. The predicted molar refractivity (Wildman–Crippen MR) is 141 cm³/mol. The Balaban J connectivity index is 1.18. The third-order valence-corrected chi connectivity index (χ3v) is 8.13. The average Bonchev–Trinajstić information content (AvgIpc) is 3.58. The first-order chi connectivity index (χ1) is 19.4. The molecule has 2 saturated heterocycles. The smallest absolute Gasteiger partial charge is 0.225 e. The maximum absolute atomic E-state index is 14.4. The van der Waals surface area contributed by atoms with Gasteiger partial charge in [-0.15, -0.1) is 0 Å². The number of fused-ring (bicyclic) bond motifs is 1. The van der Waals surface area contributed by atoms with Crippen LogP contribution in [0.5, 0.6) is 0 Å². The average molecular weight is 560 g/mol. The van der Waals surface area contributed by atoms with E-state index in [0.29, 0.717) is 74.8 Å². The molecule has 1 aromatic carbocycles. The Morgan fingerprint density at radius 1 is 1.00 bits per heavy atom. The Morgan fingerprint density at radius 2 is 1.73 bits per heavy atom. The summed E-state index contributed by atoms with van der Waals surface area (Å²) in [6.07, 6.45) is 6.29. The van der Waals surface area contributed by atoms with Gasteiger partial charge in [0.2, 0.25) is 17.8 Å². The fourth-order valence-corrected chi connectivity index (χ4v) is 5.91. The van der Waals surface area contributed by atoms with Crippen LogP contribution in [0.3, 0.4) is 0 Å². The van der Waals surface area contributed by atoms with Gasteiger partial charge in [-0.3, -0.25) is 9.36 Å². The Hall–Kier alpha value is -3.45. The molecule has 3 aromatic rings. The molecule has 1 aliphatic carbocycles. The molecule has 0 unspecified atom stereocenters. The van der Waals surface area contributed by atoms with Crippen LogP contribution in [0.2, 0.25) is 0 Å². The summed E-state index contributed by atoms with van der Waals surface area (Å²) in [5, 5.41) is 15.8. The molecule has 0 spiro atoms. The second-order valence-corrected chi connectivity index (χ2v) is 10.8. The minimum Gasteiger partial charge on any atom is -0.393 e. The van der Waals surface area contributed by atoms with E-state index in [2.05, 4.69) is 20.6 Å². The topological polar surface area (TPSA) is 117 Å². The molecular weight excluding hydrogens is 527 g/mol. The van der Waals surface area contributed by atoms with Gasteiger partial charge in [0.25, 0.3) is 0 Å². The maximum atomic E-state index is 14.4. The number of carbonyl (C=O) groups is 1. The first-order valence-corrected chi connectivity index (χ1v) is 13.8. The molecule has 0 radical (unpaired) electrons. The predicted octanol–water partition coefficient (Wildman–Crippen LogP) is 3.90. The van der Waals surface area contributed by atoms with Crippen LogP contribution in [-0.4, -0.2) is 73.9 Å². The van der Waals surface area contributed by atoms with E-state index in [0.717, 1.165) is 25.7 Å². The standard InChI is InChI=1S/C27H32F3N7O3/c28-16-11-20(29)23(21(30)12-16)34-27-33-22-13-31-26(35-24(22)37(27)18-7-10-40-14-18)32-17-3-1-15(2-4-17)25(39)36-8-5-19(38)6-9-36/h11-13,15,17-19,38H,1-10,14H2,(H,33,34)(H,31,32,35)/t15-,17-,18-/m1/s1. The highest BCUT2D eigenvalue weighted by atomic mass is 19.1. The number of aliphatic hydroxyl groups is 1. The molecule has 1 saturated carbocycles. The molecule has 6 rings (SSSR count). The molecule has 2 aromatic heterocycles. The molecule has 3 N–H and O–H groups in total. The van der Waals surface area contributed by atoms with Gasteiger partial charge in [-0.05, 0) is 44.9 Å². The number of ether oxygens (including phenoxy) is 1. The van der Waals surface area contributed by atoms with Crippen LogP contribution in [0.25, 0.3) is 11.2 Å². The number of rotatable bonds is 6. The highest BCUT2D eigenvalue weighted by Gasteiger charge is 2.32. The van der Waals surface area contributed by atoms with Crippen molar-refractivity contribution in [2.75, 3.05) is 36.9 Å². The Labute approximate surface area is 228 Å². The lowest BCUT2D eigenvalue weighted by Crippen LogP contribution is -2.44. The van der Waals surface area contributed by atoms with Crippen molar-refractivity contribution in [3.8, 4) is 0 Å². The van der Waals surface area contributed by atoms with Gasteiger partial charge in [0, 0.05) is 43.8 Å². The lowest BCUT2D eigenvalue weighted by atomic mass is 9.85. The molecular formula is C27H32F3N7O3. The quantitative estimate of drug-likeness (QED) is 0.416. The molecule has 214 valence electrons. The molecule has 3 fully saturated rings. The summed E-state index contributed by atoms with van der Waals surface area (Å²) in [5.41, 5.74) is 0.411. The first kappa shape index (κ1) is 26.8. The summed E-state index contributed by atoms with van der Waals surface area (Å²) in [4.78, 5) is 28.4. The van der Waals surface area contributed by atoms with E-state index in [-0.39, 0.29) is 36.0 Å². The number of nitrogens with one attached hydrogen (secondary N) is 2. The number of likely N-dealkylation sites (tertiary alicyclic amines) is 1. The van der Waals surface area contributed by atoms with Gasteiger partial charge in [-0.25, -0.2) is 23.1 Å².